The molecule has 0 atom stereocenters. The first-order valence-corrected chi connectivity index (χ1v) is 13.4. The van der Waals surface area contributed by atoms with Gasteiger partial charge in [0.1, 0.15) is 17.0 Å². The number of methoxy groups -OCH3 is 1. The van der Waals surface area contributed by atoms with Gasteiger partial charge in [-0.25, -0.2) is 4.79 Å². The van der Waals surface area contributed by atoms with Crippen molar-refractivity contribution in [2.45, 2.75) is 13.8 Å². The molecule has 0 saturated heterocycles. The van der Waals surface area contributed by atoms with E-state index >= 15 is 0 Å². The first-order chi connectivity index (χ1) is 20.2. The maximum absolute atomic E-state index is 13.8. The molecule has 0 unspecified atom stereocenters. The van der Waals surface area contributed by atoms with Crippen molar-refractivity contribution in [3.8, 4) is 11.1 Å². The number of hydrogen-bond acceptors (Lipinski definition) is 6. The van der Waals surface area contributed by atoms with Crippen LogP contribution in [0.15, 0.2) is 83.3 Å². The Morgan fingerprint density at radius 2 is 1.55 bits per heavy atom. The summed E-state index contributed by atoms with van der Waals surface area (Å²) in [5.74, 6) is -1.23. The van der Waals surface area contributed by atoms with E-state index in [-0.39, 0.29) is 28.8 Å². The molecule has 0 fully saturated rings. The summed E-state index contributed by atoms with van der Waals surface area (Å²) in [4.78, 5) is 39.6. The lowest BCUT2D eigenvalue weighted by Crippen LogP contribution is -2.27. The molecule has 9 heteroatoms. The standard InChI is InChI=1S/C33H30N4O5/c1-18(2)17-36-31(38)20-10-13-22(27(14-20)33(40)41-3)24-16-29-25(23-6-4-5-7-28(23)42-29)15-26(24)32(39)37-21-11-8-19(9-12-21)30(34)35/h4-16,18H,17H2,1-3H3,(H3,34,35)(H,36,38)(H,37,39). The average molecular weight is 563 g/mol. The molecule has 5 rings (SSSR count). The largest absolute Gasteiger partial charge is 0.465 e. The number of hydrogen-bond donors (Lipinski definition) is 4. The van der Waals surface area contributed by atoms with Crippen LogP contribution in [0.5, 0.6) is 0 Å². The number of furan rings is 1. The van der Waals surface area contributed by atoms with Gasteiger partial charge in [0.05, 0.1) is 12.7 Å². The zero-order chi connectivity index (χ0) is 30.0. The molecular formula is C33H30N4O5. The summed E-state index contributed by atoms with van der Waals surface area (Å²) in [6, 6.07) is 22.3. The van der Waals surface area contributed by atoms with E-state index < -0.39 is 11.9 Å². The van der Waals surface area contributed by atoms with Gasteiger partial charge in [-0.05, 0) is 71.6 Å². The summed E-state index contributed by atoms with van der Waals surface area (Å²) in [7, 11) is 1.26. The van der Waals surface area contributed by atoms with Crippen LogP contribution in [0.2, 0.25) is 0 Å². The lowest BCUT2D eigenvalue weighted by molar-refractivity contribution is 0.0601. The maximum Gasteiger partial charge on any atom is 0.338 e. The second kappa shape index (κ2) is 11.6. The number of carbonyl (C=O) groups is 3. The van der Waals surface area contributed by atoms with Gasteiger partial charge in [0.2, 0.25) is 0 Å². The predicted molar refractivity (Wildman–Crippen MR) is 163 cm³/mol. The molecule has 0 spiro atoms. The van der Waals surface area contributed by atoms with Gasteiger partial charge >= 0.3 is 5.97 Å². The number of carbonyl (C=O) groups excluding carboxylic acids is 3. The summed E-state index contributed by atoms with van der Waals surface area (Å²) >= 11 is 0. The molecule has 5 aromatic rings. The minimum atomic E-state index is -0.653. The number of anilines is 1. The van der Waals surface area contributed by atoms with E-state index in [4.69, 9.17) is 20.3 Å². The van der Waals surface area contributed by atoms with Crippen molar-refractivity contribution in [1.82, 2.24) is 5.32 Å². The number of fused-ring (bicyclic) bond motifs is 3. The van der Waals surface area contributed by atoms with Crippen molar-refractivity contribution >= 4 is 51.2 Å². The second-order valence-electron chi connectivity index (χ2n) is 10.3. The van der Waals surface area contributed by atoms with Crippen LogP contribution < -0.4 is 16.4 Å². The van der Waals surface area contributed by atoms with E-state index in [2.05, 4.69) is 10.6 Å². The first kappa shape index (κ1) is 28.1. The SMILES string of the molecule is COC(=O)c1cc(C(=O)NCC(C)C)ccc1-c1cc2oc3ccccc3c2cc1C(=O)Nc1ccc(C(=N)N)cc1. The van der Waals surface area contributed by atoms with Crippen LogP contribution in [0.3, 0.4) is 0 Å². The summed E-state index contributed by atoms with van der Waals surface area (Å²) in [5, 5.41) is 14.9. The smallest absolute Gasteiger partial charge is 0.338 e. The van der Waals surface area contributed by atoms with Crippen molar-refractivity contribution in [2.24, 2.45) is 11.7 Å². The lowest BCUT2D eigenvalue weighted by Gasteiger charge is -2.15. The number of nitrogens with one attached hydrogen (secondary N) is 3. The lowest BCUT2D eigenvalue weighted by atomic mass is 9.92. The van der Waals surface area contributed by atoms with Crippen molar-refractivity contribution in [3.63, 3.8) is 0 Å². The molecule has 0 radical (unpaired) electrons. The Kier molecular flexibility index (Phi) is 7.75. The fraction of sp³-hybridized carbons (Fsp3) is 0.152. The van der Waals surface area contributed by atoms with Crippen LogP contribution in [-0.2, 0) is 4.74 Å². The number of benzene rings is 4. The Labute approximate surface area is 242 Å². The van der Waals surface area contributed by atoms with Gasteiger partial charge in [-0.15, -0.1) is 0 Å². The summed E-state index contributed by atoms with van der Waals surface area (Å²) in [5.41, 5.74) is 9.31. The molecule has 0 aliphatic rings. The summed E-state index contributed by atoms with van der Waals surface area (Å²) in [6.45, 7) is 4.46. The zero-order valence-electron chi connectivity index (χ0n) is 23.4. The molecular weight excluding hydrogens is 532 g/mol. The molecule has 2 amide bonds. The molecule has 1 heterocycles. The number of para-hydroxylation sites is 1. The van der Waals surface area contributed by atoms with Crippen LogP contribution in [0, 0.1) is 11.3 Å². The third-order valence-corrected chi connectivity index (χ3v) is 6.86. The number of amides is 2. The molecule has 0 aliphatic carbocycles. The number of amidine groups is 1. The Morgan fingerprint density at radius 1 is 0.833 bits per heavy atom. The normalized spacial score (nSPS) is 11.0. The van der Waals surface area contributed by atoms with E-state index in [0.29, 0.717) is 45.7 Å². The molecule has 212 valence electrons. The van der Waals surface area contributed by atoms with E-state index in [1.54, 1.807) is 48.5 Å². The van der Waals surface area contributed by atoms with Crippen molar-refractivity contribution in [1.29, 1.82) is 5.41 Å². The van der Waals surface area contributed by atoms with Gasteiger partial charge in [-0.2, -0.15) is 0 Å². The van der Waals surface area contributed by atoms with Crippen molar-refractivity contribution in [3.05, 3.63) is 101 Å². The first-order valence-electron chi connectivity index (χ1n) is 13.4. The Hall–Kier alpha value is -5.44. The Morgan fingerprint density at radius 3 is 2.24 bits per heavy atom. The quantitative estimate of drug-likeness (QED) is 0.104. The van der Waals surface area contributed by atoms with E-state index in [1.807, 2.05) is 38.1 Å². The molecule has 9 nitrogen and oxygen atoms in total. The van der Waals surface area contributed by atoms with Gasteiger partial charge < -0.3 is 25.5 Å². The third kappa shape index (κ3) is 5.57. The number of nitrogens with two attached hydrogens (primary N) is 1. The minimum Gasteiger partial charge on any atom is -0.465 e. The molecule has 0 saturated carbocycles. The zero-order valence-corrected chi connectivity index (χ0v) is 23.4. The van der Waals surface area contributed by atoms with E-state index in [9.17, 15) is 14.4 Å². The highest BCUT2D eigenvalue weighted by Crippen LogP contribution is 2.37. The van der Waals surface area contributed by atoms with Gasteiger partial charge in [0.15, 0.2) is 0 Å². The van der Waals surface area contributed by atoms with Crippen LogP contribution in [0.1, 0.15) is 50.5 Å². The fourth-order valence-corrected chi connectivity index (χ4v) is 4.71. The van der Waals surface area contributed by atoms with Crippen LogP contribution in [-0.4, -0.2) is 37.3 Å². The van der Waals surface area contributed by atoms with Gasteiger partial charge in [-0.3, -0.25) is 15.0 Å². The number of rotatable bonds is 8. The molecule has 5 N–H and O–H groups in total. The van der Waals surface area contributed by atoms with Crippen molar-refractivity contribution < 1.29 is 23.5 Å². The monoisotopic (exact) mass is 562 g/mol. The van der Waals surface area contributed by atoms with Gasteiger partial charge in [-0.1, -0.05) is 38.1 Å². The van der Waals surface area contributed by atoms with Gasteiger partial charge in [0.25, 0.3) is 11.8 Å². The highest BCUT2D eigenvalue weighted by atomic mass is 16.5. The second-order valence-corrected chi connectivity index (χ2v) is 10.3. The minimum absolute atomic E-state index is 0.0795. The number of esters is 1. The predicted octanol–water partition coefficient (Wildman–Crippen LogP) is 5.96. The number of nitrogen functional groups attached to an aromatic ring is 1. The van der Waals surface area contributed by atoms with Crippen LogP contribution in [0.25, 0.3) is 33.1 Å². The van der Waals surface area contributed by atoms with E-state index in [1.165, 1.54) is 13.2 Å². The summed E-state index contributed by atoms with van der Waals surface area (Å²) < 4.78 is 11.2. The molecule has 0 aliphatic heterocycles. The highest BCUT2D eigenvalue weighted by molar-refractivity contribution is 6.16. The maximum atomic E-state index is 13.8. The van der Waals surface area contributed by atoms with Crippen molar-refractivity contribution in [2.75, 3.05) is 19.0 Å². The summed E-state index contributed by atoms with van der Waals surface area (Å²) in [6.07, 6.45) is 0. The molecule has 0 bridgehead atoms. The Balaban J connectivity index is 1.66. The Bertz CT molecular complexity index is 1850. The third-order valence-electron chi connectivity index (χ3n) is 6.86. The molecule has 42 heavy (non-hydrogen) atoms. The van der Waals surface area contributed by atoms with E-state index in [0.717, 1.165) is 10.8 Å². The molecule has 1 aromatic heterocycles. The molecule has 4 aromatic carbocycles. The van der Waals surface area contributed by atoms with Gasteiger partial charge in [0, 0.05) is 39.7 Å². The topological polar surface area (TPSA) is 148 Å². The number of ether oxygens (including phenoxy) is 1. The fourth-order valence-electron chi connectivity index (χ4n) is 4.71. The van der Waals surface area contributed by atoms with Crippen LogP contribution >= 0.6 is 0 Å². The van der Waals surface area contributed by atoms with Crippen LogP contribution in [0.4, 0.5) is 5.69 Å². The average Bonchev–Trinajstić information content (AvgIpc) is 3.36. The highest BCUT2D eigenvalue weighted by Gasteiger charge is 2.23.